The van der Waals surface area contributed by atoms with Crippen molar-refractivity contribution in [1.82, 2.24) is 10.2 Å². The lowest BCUT2D eigenvalue weighted by molar-refractivity contribution is 0.0126. The van der Waals surface area contributed by atoms with Crippen LogP contribution in [0.4, 0.5) is 0 Å². The summed E-state index contributed by atoms with van der Waals surface area (Å²) in [6.45, 7) is 10.8. The fourth-order valence-corrected chi connectivity index (χ4v) is 4.31. The van der Waals surface area contributed by atoms with Gasteiger partial charge in [0.2, 0.25) is 0 Å². The highest BCUT2D eigenvalue weighted by atomic mass is 16.5. The number of hydrogen-bond donors (Lipinski definition) is 2. The summed E-state index contributed by atoms with van der Waals surface area (Å²) in [5.74, 6) is 0.736. The number of benzene rings is 1. The summed E-state index contributed by atoms with van der Waals surface area (Å²) in [7, 11) is 0. The van der Waals surface area contributed by atoms with Crippen LogP contribution in [0.2, 0.25) is 0 Å². The SMILES string of the molecule is Cc1c(C(=O)NCCCN2CCOCC2)oc2ccc3c(c12)[C@H](O)CC(C)(C)O3. The molecule has 2 N–H and O–H groups in total. The van der Waals surface area contributed by atoms with Gasteiger partial charge in [0.15, 0.2) is 5.76 Å². The summed E-state index contributed by atoms with van der Waals surface area (Å²) in [6, 6.07) is 3.62. The molecule has 0 radical (unpaired) electrons. The number of nitrogens with one attached hydrogen (secondary N) is 1. The van der Waals surface area contributed by atoms with E-state index in [1.807, 2.05) is 32.9 Å². The first-order chi connectivity index (χ1) is 13.9. The second kappa shape index (κ2) is 7.97. The van der Waals surface area contributed by atoms with E-state index in [1.54, 1.807) is 0 Å². The van der Waals surface area contributed by atoms with Crippen molar-refractivity contribution in [2.24, 2.45) is 0 Å². The number of morpholine rings is 1. The quantitative estimate of drug-likeness (QED) is 0.749. The number of aliphatic hydroxyl groups is 1. The molecule has 1 saturated heterocycles. The van der Waals surface area contributed by atoms with Crippen LogP contribution in [0.5, 0.6) is 5.75 Å². The Hall–Kier alpha value is -2.09. The number of aliphatic hydroxyl groups excluding tert-OH is 1. The van der Waals surface area contributed by atoms with E-state index in [1.165, 1.54) is 0 Å². The second-order valence-electron chi connectivity index (χ2n) is 8.55. The van der Waals surface area contributed by atoms with Crippen molar-refractivity contribution in [3.63, 3.8) is 0 Å². The van der Waals surface area contributed by atoms with Gasteiger partial charge in [0.05, 0.1) is 19.3 Å². The Labute approximate surface area is 170 Å². The molecule has 1 amide bonds. The van der Waals surface area contributed by atoms with Crippen LogP contribution in [-0.2, 0) is 4.74 Å². The van der Waals surface area contributed by atoms with Crippen molar-refractivity contribution in [2.45, 2.75) is 45.3 Å². The molecular formula is C22H30N2O5. The van der Waals surface area contributed by atoms with Crippen LogP contribution < -0.4 is 10.1 Å². The van der Waals surface area contributed by atoms with Crippen LogP contribution in [0.15, 0.2) is 16.5 Å². The van der Waals surface area contributed by atoms with E-state index in [4.69, 9.17) is 13.9 Å². The molecule has 4 rings (SSSR count). The average molecular weight is 402 g/mol. The number of carbonyl (C=O) groups excluding carboxylic acids is 1. The van der Waals surface area contributed by atoms with Gasteiger partial charge in [0, 0.05) is 42.6 Å². The largest absolute Gasteiger partial charge is 0.487 e. The molecule has 7 nitrogen and oxygen atoms in total. The number of carbonyl (C=O) groups is 1. The topological polar surface area (TPSA) is 84.2 Å². The fourth-order valence-electron chi connectivity index (χ4n) is 4.31. The molecule has 1 aromatic carbocycles. The molecule has 0 spiro atoms. The predicted octanol–water partition coefficient (Wildman–Crippen LogP) is 2.79. The molecule has 0 unspecified atom stereocenters. The monoisotopic (exact) mass is 402 g/mol. The molecule has 158 valence electrons. The lowest BCUT2D eigenvalue weighted by Crippen LogP contribution is -2.38. The van der Waals surface area contributed by atoms with Crippen LogP contribution in [0.1, 0.15) is 54.5 Å². The zero-order chi connectivity index (χ0) is 20.6. The molecule has 29 heavy (non-hydrogen) atoms. The smallest absolute Gasteiger partial charge is 0.287 e. The Bertz CT molecular complexity index is 898. The van der Waals surface area contributed by atoms with Crippen molar-refractivity contribution < 1.29 is 23.8 Å². The summed E-state index contributed by atoms with van der Waals surface area (Å²) in [5, 5.41) is 14.5. The Balaban J connectivity index is 1.47. The first-order valence-corrected chi connectivity index (χ1v) is 10.4. The highest BCUT2D eigenvalue weighted by Gasteiger charge is 2.35. The standard InChI is InChI=1S/C22H30N2O5/c1-14-18-16(5-6-17-19(18)15(25)13-22(2,3)29-17)28-20(14)21(26)23-7-4-8-24-9-11-27-12-10-24/h5-6,15,25H,4,7-13H2,1-3H3,(H,23,26)/t15-/m1/s1. The highest BCUT2D eigenvalue weighted by molar-refractivity contribution is 6.00. The van der Waals surface area contributed by atoms with Crippen LogP contribution in [0.3, 0.4) is 0 Å². The van der Waals surface area contributed by atoms with Crippen molar-refractivity contribution in [3.8, 4) is 5.75 Å². The summed E-state index contributed by atoms with van der Waals surface area (Å²) in [5.41, 5.74) is 1.62. The molecule has 0 saturated carbocycles. The molecule has 2 aromatic rings. The van der Waals surface area contributed by atoms with Gasteiger partial charge in [-0.1, -0.05) is 0 Å². The molecule has 2 aliphatic heterocycles. The van der Waals surface area contributed by atoms with Gasteiger partial charge < -0.3 is 24.3 Å². The van der Waals surface area contributed by atoms with Crippen LogP contribution in [0.25, 0.3) is 11.0 Å². The molecule has 0 aliphatic carbocycles. The maximum Gasteiger partial charge on any atom is 0.287 e. The second-order valence-corrected chi connectivity index (χ2v) is 8.55. The fraction of sp³-hybridized carbons (Fsp3) is 0.591. The van der Waals surface area contributed by atoms with Gasteiger partial charge in [-0.3, -0.25) is 9.69 Å². The summed E-state index contributed by atoms with van der Waals surface area (Å²) >= 11 is 0. The van der Waals surface area contributed by atoms with Gasteiger partial charge >= 0.3 is 0 Å². The summed E-state index contributed by atoms with van der Waals surface area (Å²) < 4.78 is 17.3. The predicted molar refractivity (Wildman–Crippen MR) is 109 cm³/mol. The maximum absolute atomic E-state index is 12.7. The molecule has 3 heterocycles. The third-order valence-electron chi connectivity index (χ3n) is 5.75. The number of fused-ring (bicyclic) bond motifs is 3. The van der Waals surface area contributed by atoms with E-state index < -0.39 is 11.7 Å². The Kier molecular flexibility index (Phi) is 5.55. The zero-order valence-corrected chi connectivity index (χ0v) is 17.4. The normalized spacial score (nSPS) is 21.6. The van der Waals surface area contributed by atoms with Crippen molar-refractivity contribution in [2.75, 3.05) is 39.4 Å². The molecule has 2 aliphatic rings. The number of rotatable bonds is 5. The zero-order valence-electron chi connectivity index (χ0n) is 17.4. The molecular weight excluding hydrogens is 372 g/mol. The van der Waals surface area contributed by atoms with Gasteiger partial charge in [-0.25, -0.2) is 0 Å². The van der Waals surface area contributed by atoms with Crippen molar-refractivity contribution in [1.29, 1.82) is 0 Å². The van der Waals surface area contributed by atoms with Crippen molar-refractivity contribution in [3.05, 3.63) is 29.0 Å². The van der Waals surface area contributed by atoms with E-state index in [9.17, 15) is 9.90 Å². The lowest BCUT2D eigenvalue weighted by atomic mass is 9.89. The van der Waals surface area contributed by atoms with Crippen LogP contribution >= 0.6 is 0 Å². The van der Waals surface area contributed by atoms with E-state index >= 15 is 0 Å². The van der Waals surface area contributed by atoms with Gasteiger partial charge in [-0.2, -0.15) is 0 Å². The lowest BCUT2D eigenvalue weighted by Gasteiger charge is -2.35. The van der Waals surface area contributed by atoms with Gasteiger partial charge in [-0.05, 0) is 45.9 Å². The maximum atomic E-state index is 12.7. The molecule has 1 aromatic heterocycles. The number of nitrogens with zero attached hydrogens (tertiary/aromatic N) is 1. The third kappa shape index (κ3) is 4.13. The number of ether oxygens (including phenoxy) is 2. The number of amides is 1. The first-order valence-electron chi connectivity index (χ1n) is 10.4. The minimum Gasteiger partial charge on any atom is -0.487 e. The molecule has 1 fully saturated rings. The minimum absolute atomic E-state index is 0.221. The van der Waals surface area contributed by atoms with E-state index in [2.05, 4.69) is 10.2 Å². The highest BCUT2D eigenvalue weighted by Crippen LogP contribution is 2.45. The number of aryl methyl sites for hydroxylation is 1. The van der Waals surface area contributed by atoms with E-state index in [0.717, 1.165) is 55.8 Å². The number of hydrogen-bond acceptors (Lipinski definition) is 6. The van der Waals surface area contributed by atoms with Gasteiger partial charge in [-0.15, -0.1) is 0 Å². The minimum atomic E-state index is -0.654. The van der Waals surface area contributed by atoms with Crippen LogP contribution in [0, 0.1) is 6.92 Å². The van der Waals surface area contributed by atoms with E-state index in [-0.39, 0.29) is 5.91 Å². The Morgan fingerprint density at radius 1 is 1.31 bits per heavy atom. The Morgan fingerprint density at radius 2 is 2.07 bits per heavy atom. The molecule has 0 bridgehead atoms. The van der Waals surface area contributed by atoms with E-state index in [0.29, 0.717) is 30.1 Å². The molecule has 1 atom stereocenters. The number of furan rings is 1. The average Bonchev–Trinajstić information content (AvgIpc) is 3.01. The summed E-state index contributed by atoms with van der Waals surface area (Å²) in [6.07, 6.45) is 0.715. The van der Waals surface area contributed by atoms with Gasteiger partial charge in [0.25, 0.3) is 5.91 Å². The summed E-state index contributed by atoms with van der Waals surface area (Å²) in [4.78, 5) is 15.1. The van der Waals surface area contributed by atoms with Gasteiger partial charge in [0.1, 0.15) is 16.9 Å². The Morgan fingerprint density at radius 3 is 2.83 bits per heavy atom. The molecule has 7 heteroatoms. The van der Waals surface area contributed by atoms with Crippen LogP contribution in [-0.4, -0.2) is 60.9 Å². The first kappa shape index (κ1) is 20.2. The third-order valence-corrected chi connectivity index (χ3v) is 5.75. The van der Waals surface area contributed by atoms with Crippen molar-refractivity contribution >= 4 is 16.9 Å².